The number of aryl methyl sites for hydroxylation is 1. The summed E-state index contributed by atoms with van der Waals surface area (Å²) >= 11 is 1.77. The zero-order valence-electron chi connectivity index (χ0n) is 19.3. The van der Waals surface area contributed by atoms with E-state index < -0.39 is 0 Å². The van der Waals surface area contributed by atoms with Gasteiger partial charge in [-0.05, 0) is 47.4 Å². The first-order valence-electron chi connectivity index (χ1n) is 11.9. The molecule has 1 unspecified atom stereocenters. The molecule has 4 rings (SSSR count). The number of nitrogens with zero attached hydrogens (tertiary/aromatic N) is 2. The van der Waals surface area contributed by atoms with Gasteiger partial charge in [0.2, 0.25) is 11.8 Å². The standard InChI is InChI=1S/C28H32N2O2S/c1-2-3-18-29(26(31)15-14-22-10-6-4-7-11-22)21-27(32)30-19-16-25-24(17-20-33-25)28(30)23-12-8-5-9-13-23/h4-13,17,20,28H,2-3,14-16,18-19,21H2,1H3. The highest BCUT2D eigenvalue weighted by Gasteiger charge is 2.33. The lowest BCUT2D eigenvalue weighted by Gasteiger charge is -2.37. The van der Waals surface area contributed by atoms with Crippen LogP contribution in [-0.4, -0.2) is 41.2 Å². The Morgan fingerprint density at radius 2 is 1.76 bits per heavy atom. The van der Waals surface area contributed by atoms with Gasteiger partial charge < -0.3 is 9.80 Å². The summed E-state index contributed by atoms with van der Waals surface area (Å²) in [5.74, 6) is 0.0926. The molecule has 1 aliphatic heterocycles. The molecule has 1 aliphatic rings. The van der Waals surface area contributed by atoms with Gasteiger partial charge in [-0.1, -0.05) is 74.0 Å². The van der Waals surface area contributed by atoms with Gasteiger partial charge in [0.1, 0.15) is 0 Å². The summed E-state index contributed by atoms with van der Waals surface area (Å²) in [6, 6.07) is 22.4. The SMILES string of the molecule is CCCCN(CC(=O)N1CCc2sccc2C1c1ccccc1)C(=O)CCc1ccccc1. The molecule has 2 amide bonds. The second kappa shape index (κ2) is 11.3. The first-order chi connectivity index (χ1) is 16.2. The molecule has 2 heterocycles. The van der Waals surface area contributed by atoms with E-state index in [0.29, 0.717) is 25.9 Å². The molecule has 0 fully saturated rings. The highest BCUT2D eigenvalue weighted by Crippen LogP contribution is 2.37. The van der Waals surface area contributed by atoms with Crippen molar-refractivity contribution in [3.63, 3.8) is 0 Å². The number of amides is 2. The van der Waals surface area contributed by atoms with E-state index in [9.17, 15) is 9.59 Å². The summed E-state index contributed by atoms with van der Waals surface area (Å²) in [5, 5.41) is 2.12. The lowest BCUT2D eigenvalue weighted by atomic mass is 9.93. The molecule has 172 valence electrons. The molecule has 0 spiro atoms. The number of hydrogen-bond donors (Lipinski definition) is 0. The summed E-state index contributed by atoms with van der Waals surface area (Å²) < 4.78 is 0. The maximum Gasteiger partial charge on any atom is 0.242 e. The van der Waals surface area contributed by atoms with Gasteiger partial charge in [0.25, 0.3) is 0 Å². The van der Waals surface area contributed by atoms with Crippen LogP contribution in [0.4, 0.5) is 0 Å². The van der Waals surface area contributed by atoms with Gasteiger partial charge in [0, 0.05) is 24.4 Å². The molecule has 0 N–H and O–H groups in total. The summed E-state index contributed by atoms with van der Waals surface area (Å²) in [5.41, 5.74) is 3.50. The largest absolute Gasteiger partial charge is 0.333 e. The molecule has 0 bridgehead atoms. The molecule has 33 heavy (non-hydrogen) atoms. The normalized spacial score (nSPS) is 15.2. The Kier molecular flexibility index (Phi) is 7.95. The van der Waals surface area contributed by atoms with Crippen molar-refractivity contribution in [3.8, 4) is 0 Å². The minimum absolute atomic E-state index is 0.0323. The average molecular weight is 461 g/mol. The number of unbranched alkanes of at least 4 members (excludes halogenated alkanes) is 1. The van der Waals surface area contributed by atoms with Crippen molar-refractivity contribution in [1.82, 2.24) is 9.80 Å². The summed E-state index contributed by atoms with van der Waals surface area (Å²) in [6.07, 6.45) is 3.90. The Bertz CT molecular complexity index is 1050. The van der Waals surface area contributed by atoms with Gasteiger partial charge in [-0.2, -0.15) is 0 Å². The maximum absolute atomic E-state index is 13.6. The first kappa shape index (κ1) is 23.2. The molecule has 0 radical (unpaired) electrons. The third kappa shape index (κ3) is 5.72. The number of thiophene rings is 1. The quantitative estimate of drug-likeness (QED) is 0.424. The zero-order chi connectivity index (χ0) is 23.0. The molecule has 2 aromatic carbocycles. The predicted molar refractivity (Wildman–Crippen MR) is 134 cm³/mol. The fourth-order valence-electron chi connectivity index (χ4n) is 4.53. The lowest BCUT2D eigenvalue weighted by Crippen LogP contribution is -2.47. The van der Waals surface area contributed by atoms with E-state index in [1.807, 2.05) is 53.4 Å². The summed E-state index contributed by atoms with van der Waals surface area (Å²) in [4.78, 5) is 31.8. The van der Waals surface area contributed by atoms with E-state index >= 15 is 0 Å². The molecule has 1 atom stereocenters. The van der Waals surface area contributed by atoms with Crippen LogP contribution in [0.5, 0.6) is 0 Å². The van der Waals surface area contributed by atoms with Gasteiger partial charge in [-0.15, -0.1) is 11.3 Å². The Morgan fingerprint density at radius 3 is 2.48 bits per heavy atom. The molecule has 3 aromatic rings. The second-order valence-corrected chi connectivity index (χ2v) is 9.60. The fourth-order valence-corrected chi connectivity index (χ4v) is 5.43. The molecule has 1 aromatic heterocycles. The summed E-state index contributed by atoms with van der Waals surface area (Å²) in [6.45, 7) is 3.58. The number of fused-ring (bicyclic) bond motifs is 1. The fraction of sp³-hybridized carbons (Fsp3) is 0.357. The van der Waals surface area contributed by atoms with Crippen LogP contribution in [0, 0.1) is 0 Å². The average Bonchev–Trinajstić information content (AvgIpc) is 3.34. The van der Waals surface area contributed by atoms with Crippen molar-refractivity contribution in [2.75, 3.05) is 19.6 Å². The minimum Gasteiger partial charge on any atom is -0.333 e. The highest BCUT2D eigenvalue weighted by molar-refractivity contribution is 7.10. The van der Waals surface area contributed by atoms with Crippen LogP contribution in [-0.2, 0) is 22.4 Å². The lowest BCUT2D eigenvalue weighted by molar-refractivity contribution is -0.141. The van der Waals surface area contributed by atoms with Gasteiger partial charge in [0.15, 0.2) is 0 Å². The monoisotopic (exact) mass is 460 g/mol. The minimum atomic E-state index is -0.0823. The first-order valence-corrected chi connectivity index (χ1v) is 12.8. The second-order valence-electron chi connectivity index (χ2n) is 8.60. The van der Waals surface area contributed by atoms with Crippen molar-refractivity contribution >= 4 is 23.2 Å². The van der Waals surface area contributed by atoms with E-state index in [4.69, 9.17) is 0 Å². The topological polar surface area (TPSA) is 40.6 Å². The molecular formula is C28H32N2O2S. The van der Waals surface area contributed by atoms with E-state index in [1.54, 1.807) is 16.2 Å². The Hall–Kier alpha value is -2.92. The van der Waals surface area contributed by atoms with E-state index in [-0.39, 0.29) is 24.4 Å². The number of rotatable bonds is 9. The predicted octanol–water partition coefficient (Wildman–Crippen LogP) is 5.48. The maximum atomic E-state index is 13.6. The van der Waals surface area contributed by atoms with Gasteiger partial charge in [-0.25, -0.2) is 0 Å². The highest BCUT2D eigenvalue weighted by atomic mass is 32.1. The van der Waals surface area contributed by atoms with E-state index in [1.165, 1.54) is 10.4 Å². The van der Waals surface area contributed by atoms with Crippen LogP contribution < -0.4 is 0 Å². The van der Waals surface area contributed by atoms with Crippen molar-refractivity contribution in [3.05, 3.63) is 93.7 Å². The molecule has 0 saturated carbocycles. The smallest absolute Gasteiger partial charge is 0.242 e. The zero-order valence-corrected chi connectivity index (χ0v) is 20.1. The van der Waals surface area contributed by atoms with Gasteiger partial charge >= 0.3 is 0 Å². The number of carbonyl (C=O) groups excluding carboxylic acids is 2. The molecule has 5 heteroatoms. The van der Waals surface area contributed by atoms with E-state index in [0.717, 1.165) is 30.4 Å². The van der Waals surface area contributed by atoms with Crippen LogP contribution in [0.15, 0.2) is 72.1 Å². The van der Waals surface area contributed by atoms with Crippen molar-refractivity contribution < 1.29 is 9.59 Å². The number of carbonyl (C=O) groups is 2. The number of hydrogen-bond acceptors (Lipinski definition) is 3. The third-order valence-corrected chi connectivity index (χ3v) is 7.33. The molecule has 0 aliphatic carbocycles. The summed E-state index contributed by atoms with van der Waals surface area (Å²) in [7, 11) is 0. The van der Waals surface area contributed by atoms with Crippen LogP contribution in [0.1, 0.15) is 53.8 Å². The molecule has 4 nitrogen and oxygen atoms in total. The Morgan fingerprint density at radius 1 is 1.03 bits per heavy atom. The van der Waals surface area contributed by atoms with Crippen LogP contribution in [0.25, 0.3) is 0 Å². The Balaban J connectivity index is 1.49. The van der Waals surface area contributed by atoms with Crippen LogP contribution in [0.2, 0.25) is 0 Å². The van der Waals surface area contributed by atoms with Gasteiger partial charge in [0.05, 0.1) is 12.6 Å². The van der Waals surface area contributed by atoms with Crippen molar-refractivity contribution in [2.45, 2.75) is 45.1 Å². The third-order valence-electron chi connectivity index (χ3n) is 6.33. The van der Waals surface area contributed by atoms with E-state index in [2.05, 4.69) is 30.5 Å². The van der Waals surface area contributed by atoms with Crippen LogP contribution >= 0.6 is 11.3 Å². The molecular weight excluding hydrogens is 428 g/mol. The van der Waals surface area contributed by atoms with Gasteiger partial charge in [-0.3, -0.25) is 9.59 Å². The Labute approximate surface area is 200 Å². The number of benzene rings is 2. The van der Waals surface area contributed by atoms with Crippen molar-refractivity contribution in [2.24, 2.45) is 0 Å². The molecule has 0 saturated heterocycles. The van der Waals surface area contributed by atoms with Crippen LogP contribution in [0.3, 0.4) is 0 Å². The van der Waals surface area contributed by atoms with Crippen molar-refractivity contribution in [1.29, 1.82) is 0 Å².